The van der Waals surface area contributed by atoms with E-state index >= 15 is 0 Å². The minimum absolute atomic E-state index is 0.118. The standard InChI is InChI=1S/C17H27NO2/c1-4-7-8-14-9-11-15(12-10-14)16(19)18-13-17(20,5-2)6-3/h9-12,20H,4-8,13H2,1-3H3,(H,18,19). The average Bonchev–Trinajstić information content (AvgIpc) is 2.50. The van der Waals surface area contributed by atoms with Gasteiger partial charge in [0, 0.05) is 12.1 Å². The van der Waals surface area contributed by atoms with E-state index in [1.54, 1.807) is 0 Å². The number of benzene rings is 1. The molecule has 0 saturated heterocycles. The number of aliphatic hydroxyl groups is 1. The summed E-state index contributed by atoms with van der Waals surface area (Å²) in [5.74, 6) is -0.118. The fourth-order valence-corrected chi connectivity index (χ4v) is 2.05. The predicted molar refractivity (Wildman–Crippen MR) is 82.9 cm³/mol. The highest BCUT2D eigenvalue weighted by molar-refractivity contribution is 5.94. The Morgan fingerprint density at radius 2 is 1.75 bits per heavy atom. The molecule has 1 aromatic rings. The first-order chi connectivity index (χ1) is 9.54. The highest BCUT2D eigenvalue weighted by Gasteiger charge is 2.22. The Morgan fingerprint density at radius 1 is 1.15 bits per heavy atom. The first-order valence-corrected chi connectivity index (χ1v) is 7.64. The summed E-state index contributed by atoms with van der Waals surface area (Å²) < 4.78 is 0. The molecule has 0 aliphatic heterocycles. The molecule has 0 heterocycles. The first kappa shape index (κ1) is 16.7. The molecule has 1 amide bonds. The summed E-state index contributed by atoms with van der Waals surface area (Å²) in [6.07, 6.45) is 4.68. The largest absolute Gasteiger partial charge is 0.388 e. The molecule has 0 aliphatic rings. The van der Waals surface area contributed by atoms with Gasteiger partial charge in [0.05, 0.1) is 5.60 Å². The molecule has 0 aromatic heterocycles. The fraction of sp³-hybridized carbons (Fsp3) is 0.588. The van der Waals surface area contributed by atoms with Gasteiger partial charge in [0.15, 0.2) is 0 Å². The number of unbranched alkanes of at least 4 members (excludes halogenated alkanes) is 1. The number of nitrogens with one attached hydrogen (secondary N) is 1. The summed E-state index contributed by atoms with van der Waals surface area (Å²) in [6, 6.07) is 7.74. The van der Waals surface area contributed by atoms with Gasteiger partial charge in [0.25, 0.3) is 5.91 Å². The molecule has 0 aliphatic carbocycles. The molecule has 0 atom stereocenters. The second-order valence-electron chi connectivity index (χ2n) is 5.41. The molecule has 1 aromatic carbocycles. The number of carbonyl (C=O) groups excluding carboxylic acids is 1. The summed E-state index contributed by atoms with van der Waals surface area (Å²) in [7, 11) is 0. The quantitative estimate of drug-likeness (QED) is 0.766. The Balaban J connectivity index is 2.55. The number of carbonyl (C=O) groups is 1. The third kappa shape index (κ3) is 4.97. The van der Waals surface area contributed by atoms with Crippen molar-refractivity contribution in [1.29, 1.82) is 0 Å². The molecule has 3 nitrogen and oxygen atoms in total. The van der Waals surface area contributed by atoms with Crippen molar-refractivity contribution >= 4 is 5.91 Å². The Morgan fingerprint density at radius 3 is 2.25 bits per heavy atom. The number of rotatable bonds is 8. The lowest BCUT2D eigenvalue weighted by molar-refractivity contribution is 0.0314. The average molecular weight is 277 g/mol. The van der Waals surface area contributed by atoms with Gasteiger partial charge >= 0.3 is 0 Å². The zero-order valence-corrected chi connectivity index (χ0v) is 12.9. The topological polar surface area (TPSA) is 49.3 Å². The lowest BCUT2D eigenvalue weighted by atomic mass is 9.97. The van der Waals surface area contributed by atoms with Gasteiger partial charge in [-0.05, 0) is 43.4 Å². The molecule has 20 heavy (non-hydrogen) atoms. The maximum absolute atomic E-state index is 12.0. The molecular weight excluding hydrogens is 250 g/mol. The van der Waals surface area contributed by atoms with E-state index in [0.717, 1.165) is 6.42 Å². The molecule has 0 fully saturated rings. The van der Waals surface area contributed by atoms with Crippen LogP contribution in [0.25, 0.3) is 0 Å². The molecule has 0 unspecified atom stereocenters. The molecule has 0 bridgehead atoms. The summed E-state index contributed by atoms with van der Waals surface area (Å²) in [5, 5.41) is 13.0. The smallest absolute Gasteiger partial charge is 0.251 e. The maximum Gasteiger partial charge on any atom is 0.251 e. The van der Waals surface area contributed by atoms with Crippen molar-refractivity contribution in [2.45, 2.75) is 58.5 Å². The Kier molecular flexibility index (Phi) is 6.73. The summed E-state index contributed by atoms with van der Waals surface area (Å²) in [5.41, 5.74) is 1.12. The van der Waals surface area contributed by atoms with Crippen LogP contribution in [0.3, 0.4) is 0 Å². The van der Waals surface area contributed by atoms with Gasteiger partial charge in [-0.2, -0.15) is 0 Å². The van der Waals surface area contributed by atoms with Crippen molar-refractivity contribution in [3.05, 3.63) is 35.4 Å². The van der Waals surface area contributed by atoms with Crippen LogP contribution >= 0.6 is 0 Å². The monoisotopic (exact) mass is 277 g/mol. The van der Waals surface area contributed by atoms with E-state index < -0.39 is 5.60 Å². The maximum atomic E-state index is 12.0. The lowest BCUT2D eigenvalue weighted by Gasteiger charge is -2.25. The molecular formula is C17H27NO2. The van der Waals surface area contributed by atoms with E-state index in [-0.39, 0.29) is 5.91 Å². The van der Waals surface area contributed by atoms with Crippen molar-refractivity contribution < 1.29 is 9.90 Å². The molecule has 0 spiro atoms. The third-order valence-electron chi connectivity index (χ3n) is 3.93. The van der Waals surface area contributed by atoms with Crippen molar-refractivity contribution in [2.75, 3.05) is 6.54 Å². The van der Waals surface area contributed by atoms with Crippen molar-refractivity contribution in [2.24, 2.45) is 0 Å². The van der Waals surface area contributed by atoms with Gasteiger partial charge in [-0.3, -0.25) is 4.79 Å². The molecule has 2 N–H and O–H groups in total. The van der Waals surface area contributed by atoms with Gasteiger partial charge in [0.1, 0.15) is 0 Å². The molecule has 0 radical (unpaired) electrons. The van der Waals surface area contributed by atoms with E-state index in [1.807, 2.05) is 38.1 Å². The van der Waals surface area contributed by atoms with Crippen molar-refractivity contribution in [3.63, 3.8) is 0 Å². The number of hydrogen-bond donors (Lipinski definition) is 2. The molecule has 0 saturated carbocycles. The second-order valence-corrected chi connectivity index (χ2v) is 5.41. The van der Waals surface area contributed by atoms with Gasteiger partial charge < -0.3 is 10.4 Å². The minimum atomic E-state index is -0.795. The van der Waals surface area contributed by atoms with Crippen molar-refractivity contribution in [1.82, 2.24) is 5.32 Å². The van der Waals surface area contributed by atoms with Gasteiger partial charge in [0.2, 0.25) is 0 Å². The van der Waals surface area contributed by atoms with Gasteiger partial charge in [-0.15, -0.1) is 0 Å². The predicted octanol–water partition coefficient (Wildman–Crippen LogP) is 3.31. The Labute approximate surface area is 122 Å². The summed E-state index contributed by atoms with van der Waals surface area (Å²) >= 11 is 0. The van der Waals surface area contributed by atoms with E-state index in [9.17, 15) is 9.90 Å². The first-order valence-electron chi connectivity index (χ1n) is 7.64. The highest BCUT2D eigenvalue weighted by Crippen LogP contribution is 2.13. The number of hydrogen-bond acceptors (Lipinski definition) is 2. The van der Waals surface area contributed by atoms with Crippen LogP contribution in [0.15, 0.2) is 24.3 Å². The Hall–Kier alpha value is -1.35. The molecule has 1 rings (SSSR count). The van der Waals surface area contributed by atoms with Crippen LogP contribution in [0.4, 0.5) is 0 Å². The molecule has 3 heteroatoms. The van der Waals surface area contributed by atoms with Crippen LogP contribution in [0.1, 0.15) is 62.4 Å². The molecule has 112 valence electrons. The van der Waals surface area contributed by atoms with E-state index in [0.29, 0.717) is 24.9 Å². The normalized spacial score (nSPS) is 11.4. The van der Waals surface area contributed by atoms with Gasteiger partial charge in [-0.1, -0.05) is 39.3 Å². The van der Waals surface area contributed by atoms with Crippen LogP contribution in [0.2, 0.25) is 0 Å². The zero-order valence-electron chi connectivity index (χ0n) is 12.9. The zero-order chi connectivity index (χ0) is 15.0. The lowest BCUT2D eigenvalue weighted by Crippen LogP contribution is -2.42. The van der Waals surface area contributed by atoms with Crippen molar-refractivity contribution in [3.8, 4) is 0 Å². The summed E-state index contributed by atoms with van der Waals surface area (Å²) in [6.45, 7) is 6.33. The second kappa shape index (κ2) is 8.05. The summed E-state index contributed by atoms with van der Waals surface area (Å²) in [4.78, 5) is 12.0. The Bertz CT molecular complexity index is 408. The van der Waals surface area contributed by atoms with Crippen LogP contribution in [-0.4, -0.2) is 23.2 Å². The third-order valence-corrected chi connectivity index (χ3v) is 3.93. The fourth-order valence-electron chi connectivity index (χ4n) is 2.05. The number of amides is 1. The minimum Gasteiger partial charge on any atom is -0.388 e. The van der Waals surface area contributed by atoms with E-state index in [4.69, 9.17) is 0 Å². The van der Waals surface area contributed by atoms with E-state index in [1.165, 1.54) is 18.4 Å². The van der Waals surface area contributed by atoms with Crippen LogP contribution < -0.4 is 5.32 Å². The highest BCUT2D eigenvalue weighted by atomic mass is 16.3. The SMILES string of the molecule is CCCCc1ccc(C(=O)NCC(O)(CC)CC)cc1. The number of aryl methyl sites for hydroxylation is 1. The van der Waals surface area contributed by atoms with Gasteiger partial charge in [-0.25, -0.2) is 0 Å². The van der Waals surface area contributed by atoms with Crippen LogP contribution in [0.5, 0.6) is 0 Å². The van der Waals surface area contributed by atoms with Crippen LogP contribution in [-0.2, 0) is 6.42 Å². The van der Waals surface area contributed by atoms with Crippen LogP contribution in [0, 0.1) is 0 Å². The van der Waals surface area contributed by atoms with E-state index in [2.05, 4.69) is 12.2 Å².